The standard InChI is InChI=1S/C25H25F2N3O4/c1-24(26,27)34-19-4-2-16(3-5-19)23(32)30-10-7-25(8-11-30)13-18(25)14-29-22(31)20-12-17-6-9-28-15-21(17)33-20/h2-6,9,12,15,18H,7-8,10-11,13-14H2,1H3,(H,29,31). The van der Waals surface area contributed by atoms with E-state index in [1.807, 2.05) is 0 Å². The molecule has 2 aliphatic rings. The van der Waals surface area contributed by atoms with E-state index in [2.05, 4.69) is 15.0 Å². The van der Waals surface area contributed by atoms with Crippen LogP contribution in [-0.4, -0.2) is 47.4 Å². The molecule has 1 N–H and O–H groups in total. The van der Waals surface area contributed by atoms with Crippen molar-refractivity contribution in [2.45, 2.75) is 32.3 Å². The number of piperidine rings is 1. The highest BCUT2D eigenvalue weighted by Crippen LogP contribution is 2.59. The van der Waals surface area contributed by atoms with Crippen LogP contribution in [0.5, 0.6) is 5.75 Å². The first-order chi connectivity index (χ1) is 16.2. The van der Waals surface area contributed by atoms with Gasteiger partial charge < -0.3 is 19.4 Å². The molecule has 0 bridgehead atoms. The van der Waals surface area contributed by atoms with Gasteiger partial charge in [-0.15, -0.1) is 0 Å². The van der Waals surface area contributed by atoms with Crippen molar-refractivity contribution in [3.63, 3.8) is 0 Å². The number of halogens is 2. The Bertz CT molecular complexity index is 1180. The van der Waals surface area contributed by atoms with E-state index in [1.165, 1.54) is 24.3 Å². The largest absolute Gasteiger partial charge is 0.449 e. The van der Waals surface area contributed by atoms with Crippen molar-refractivity contribution in [3.8, 4) is 5.75 Å². The lowest BCUT2D eigenvalue weighted by atomic mass is 9.90. The van der Waals surface area contributed by atoms with E-state index in [0.717, 1.165) is 24.6 Å². The van der Waals surface area contributed by atoms with Crippen LogP contribution in [0.3, 0.4) is 0 Å². The lowest BCUT2D eigenvalue weighted by Crippen LogP contribution is -2.40. The number of fused-ring (bicyclic) bond motifs is 1. The number of amides is 2. The molecule has 0 radical (unpaired) electrons. The normalized spacial score (nSPS) is 19.3. The smallest absolute Gasteiger partial charge is 0.394 e. The molecular weight excluding hydrogens is 444 g/mol. The van der Waals surface area contributed by atoms with Crippen LogP contribution in [0.2, 0.25) is 0 Å². The summed E-state index contributed by atoms with van der Waals surface area (Å²) in [6.45, 7) is 2.50. The molecule has 1 unspecified atom stereocenters. The van der Waals surface area contributed by atoms with Gasteiger partial charge in [0.1, 0.15) is 5.75 Å². The summed E-state index contributed by atoms with van der Waals surface area (Å²) in [5.41, 5.74) is 1.19. The molecule has 1 saturated heterocycles. The number of benzene rings is 1. The van der Waals surface area contributed by atoms with Crippen LogP contribution in [-0.2, 0) is 0 Å². The molecule has 2 fully saturated rings. The third kappa shape index (κ3) is 4.60. The fraction of sp³-hybridized carbons (Fsp3) is 0.400. The maximum atomic E-state index is 13.0. The van der Waals surface area contributed by atoms with Crippen molar-refractivity contribution < 1.29 is 27.5 Å². The number of likely N-dealkylation sites (tertiary alicyclic amines) is 1. The Balaban J connectivity index is 1.11. The number of furan rings is 1. The summed E-state index contributed by atoms with van der Waals surface area (Å²) in [6.07, 6.45) is 2.75. The molecule has 3 heterocycles. The molecule has 178 valence electrons. The van der Waals surface area contributed by atoms with E-state index in [9.17, 15) is 18.4 Å². The van der Waals surface area contributed by atoms with Crippen LogP contribution in [0.25, 0.3) is 11.0 Å². The molecule has 5 rings (SSSR count). The zero-order valence-electron chi connectivity index (χ0n) is 18.7. The Morgan fingerprint density at radius 2 is 1.97 bits per heavy atom. The molecule has 1 aromatic carbocycles. The predicted octanol–water partition coefficient (Wildman–Crippen LogP) is 4.49. The first-order valence-electron chi connectivity index (χ1n) is 11.3. The number of pyridine rings is 1. The minimum Gasteiger partial charge on any atom is -0.449 e. The van der Waals surface area contributed by atoms with Crippen LogP contribution in [0.4, 0.5) is 8.78 Å². The first kappa shape index (κ1) is 22.3. The maximum Gasteiger partial charge on any atom is 0.394 e. The summed E-state index contributed by atoms with van der Waals surface area (Å²) in [6, 6.07) is 9.30. The maximum absolute atomic E-state index is 13.0. The Morgan fingerprint density at radius 1 is 1.24 bits per heavy atom. The van der Waals surface area contributed by atoms with Gasteiger partial charge in [0.15, 0.2) is 11.3 Å². The number of hydrogen-bond acceptors (Lipinski definition) is 5. The lowest BCUT2D eigenvalue weighted by molar-refractivity contribution is -0.158. The Kier molecular flexibility index (Phi) is 5.50. The van der Waals surface area contributed by atoms with Crippen molar-refractivity contribution in [1.29, 1.82) is 0 Å². The van der Waals surface area contributed by atoms with Gasteiger partial charge in [0.05, 0.1) is 6.20 Å². The molecule has 1 spiro atoms. The summed E-state index contributed by atoms with van der Waals surface area (Å²) in [5.74, 6) is 0.321. The number of rotatable bonds is 6. The Hall–Kier alpha value is -3.49. The first-order valence-corrected chi connectivity index (χ1v) is 11.3. The highest BCUT2D eigenvalue weighted by atomic mass is 19.3. The minimum atomic E-state index is -3.27. The van der Waals surface area contributed by atoms with Gasteiger partial charge in [0.25, 0.3) is 11.8 Å². The number of carbonyl (C=O) groups is 2. The molecule has 7 nitrogen and oxygen atoms in total. The van der Waals surface area contributed by atoms with E-state index < -0.39 is 6.11 Å². The number of hydrogen-bond donors (Lipinski definition) is 1. The summed E-state index contributed by atoms with van der Waals surface area (Å²) in [7, 11) is 0. The van der Waals surface area contributed by atoms with Gasteiger partial charge in [0.2, 0.25) is 0 Å². The van der Waals surface area contributed by atoms with Gasteiger partial charge in [0, 0.05) is 43.7 Å². The third-order valence-electron chi connectivity index (χ3n) is 6.86. The lowest BCUT2D eigenvalue weighted by Gasteiger charge is -2.33. The average molecular weight is 469 g/mol. The fourth-order valence-electron chi connectivity index (χ4n) is 4.84. The molecule has 2 aromatic heterocycles. The molecule has 9 heteroatoms. The Labute approximate surface area is 195 Å². The van der Waals surface area contributed by atoms with Crippen LogP contribution in [0.1, 0.15) is 47.1 Å². The molecule has 3 aromatic rings. The summed E-state index contributed by atoms with van der Waals surface area (Å²) in [4.78, 5) is 31.1. The summed E-state index contributed by atoms with van der Waals surface area (Å²) in [5, 5.41) is 3.81. The quantitative estimate of drug-likeness (QED) is 0.575. The van der Waals surface area contributed by atoms with Crippen molar-refractivity contribution in [2.75, 3.05) is 19.6 Å². The second-order valence-electron chi connectivity index (χ2n) is 9.22. The molecule has 1 atom stereocenters. The van der Waals surface area contributed by atoms with Crippen molar-refractivity contribution in [1.82, 2.24) is 15.2 Å². The summed E-state index contributed by atoms with van der Waals surface area (Å²) < 4.78 is 36.0. The second-order valence-corrected chi connectivity index (χ2v) is 9.22. The third-order valence-corrected chi connectivity index (χ3v) is 6.86. The zero-order chi connectivity index (χ0) is 23.9. The van der Waals surface area contributed by atoms with E-state index in [1.54, 1.807) is 29.4 Å². The highest BCUT2D eigenvalue weighted by Gasteiger charge is 2.54. The van der Waals surface area contributed by atoms with Gasteiger partial charge in [-0.3, -0.25) is 14.6 Å². The fourth-order valence-corrected chi connectivity index (χ4v) is 4.84. The van der Waals surface area contributed by atoms with Gasteiger partial charge in [-0.25, -0.2) is 0 Å². The van der Waals surface area contributed by atoms with E-state index in [4.69, 9.17) is 4.42 Å². The van der Waals surface area contributed by atoms with Crippen molar-refractivity contribution in [2.24, 2.45) is 11.3 Å². The molecule has 2 amide bonds. The SMILES string of the molecule is CC(F)(F)Oc1ccc(C(=O)N2CCC3(CC2)CC3CNC(=O)c2cc3ccncc3o2)cc1. The minimum absolute atomic E-state index is 0.0174. The van der Waals surface area contributed by atoms with Gasteiger partial charge in [-0.2, -0.15) is 8.78 Å². The number of nitrogens with zero attached hydrogens (tertiary/aromatic N) is 2. The number of alkyl halides is 2. The highest BCUT2D eigenvalue weighted by molar-refractivity contribution is 5.96. The van der Waals surface area contributed by atoms with Crippen LogP contribution < -0.4 is 10.1 Å². The van der Waals surface area contributed by atoms with E-state index in [0.29, 0.717) is 43.6 Å². The van der Waals surface area contributed by atoms with Crippen molar-refractivity contribution in [3.05, 3.63) is 60.1 Å². The summed E-state index contributed by atoms with van der Waals surface area (Å²) >= 11 is 0. The number of ether oxygens (including phenoxy) is 1. The Morgan fingerprint density at radius 3 is 2.65 bits per heavy atom. The van der Waals surface area contributed by atoms with Crippen LogP contribution in [0.15, 0.2) is 53.2 Å². The van der Waals surface area contributed by atoms with E-state index >= 15 is 0 Å². The molecule has 34 heavy (non-hydrogen) atoms. The van der Waals surface area contributed by atoms with Crippen LogP contribution >= 0.6 is 0 Å². The second kappa shape index (κ2) is 8.38. The topological polar surface area (TPSA) is 84.7 Å². The van der Waals surface area contributed by atoms with Crippen LogP contribution in [0, 0.1) is 11.3 Å². The van der Waals surface area contributed by atoms with Crippen molar-refractivity contribution >= 4 is 22.8 Å². The zero-order valence-corrected chi connectivity index (χ0v) is 18.7. The molecule has 1 saturated carbocycles. The van der Waals surface area contributed by atoms with E-state index in [-0.39, 0.29) is 28.7 Å². The van der Waals surface area contributed by atoms with Gasteiger partial charge >= 0.3 is 6.11 Å². The number of carbonyl (C=O) groups excluding carboxylic acids is 2. The molecular formula is C25H25F2N3O4. The van der Waals surface area contributed by atoms with Gasteiger partial charge in [-0.1, -0.05) is 0 Å². The number of aromatic nitrogens is 1. The van der Waals surface area contributed by atoms with Gasteiger partial charge in [-0.05, 0) is 67.0 Å². The monoisotopic (exact) mass is 469 g/mol. The average Bonchev–Trinajstić information content (AvgIpc) is 3.28. The molecule has 1 aliphatic carbocycles. The predicted molar refractivity (Wildman–Crippen MR) is 120 cm³/mol. The molecule has 1 aliphatic heterocycles. The number of nitrogens with one attached hydrogen (secondary N) is 1.